The molecule has 2 N–H and O–H groups in total. The summed E-state index contributed by atoms with van der Waals surface area (Å²) >= 11 is 0. The first-order valence-electron chi connectivity index (χ1n) is 9.16. The lowest BCUT2D eigenvalue weighted by Gasteiger charge is -2.27. The Hall–Kier alpha value is -2.99. The van der Waals surface area contributed by atoms with E-state index < -0.39 is 0 Å². The lowest BCUT2D eigenvalue weighted by molar-refractivity contribution is -0.117. The molecule has 28 heavy (non-hydrogen) atoms. The first kappa shape index (κ1) is 18.4. The van der Waals surface area contributed by atoms with E-state index in [1.807, 2.05) is 55.5 Å². The largest absolute Gasteiger partial charge is 0.348 e. The Kier molecular flexibility index (Phi) is 5.21. The van der Waals surface area contributed by atoms with Gasteiger partial charge in [-0.05, 0) is 36.8 Å². The summed E-state index contributed by atoms with van der Waals surface area (Å²) in [6, 6.07) is 11.3. The Morgan fingerprint density at radius 3 is 2.93 bits per heavy atom. The molecule has 1 aromatic carbocycles. The minimum absolute atomic E-state index is 0.0934. The van der Waals surface area contributed by atoms with E-state index in [2.05, 4.69) is 27.1 Å². The molecule has 2 aliphatic rings. The number of carbonyl (C=O) groups is 2. The van der Waals surface area contributed by atoms with Crippen molar-refractivity contribution in [1.82, 2.24) is 15.6 Å². The van der Waals surface area contributed by atoms with Gasteiger partial charge in [0.15, 0.2) is 0 Å². The minimum Gasteiger partial charge on any atom is -0.348 e. The lowest BCUT2D eigenvalue weighted by Crippen LogP contribution is -2.41. The molecular formula is C22H21N3O2S. The number of nitrogens with zero attached hydrogens (tertiary/aromatic N) is 1. The summed E-state index contributed by atoms with van der Waals surface area (Å²) in [4.78, 5) is 30.4. The van der Waals surface area contributed by atoms with E-state index >= 15 is 0 Å². The maximum absolute atomic E-state index is 12.7. The van der Waals surface area contributed by atoms with Crippen molar-refractivity contribution in [2.24, 2.45) is 0 Å². The van der Waals surface area contributed by atoms with E-state index in [9.17, 15) is 9.59 Å². The van der Waals surface area contributed by atoms with E-state index in [0.717, 1.165) is 10.5 Å². The average Bonchev–Trinajstić information content (AvgIpc) is 2.86. The predicted octanol–water partition coefficient (Wildman–Crippen LogP) is 2.82. The Morgan fingerprint density at radius 1 is 1.29 bits per heavy atom. The van der Waals surface area contributed by atoms with Gasteiger partial charge in [-0.3, -0.25) is 14.6 Å². The molecule has 2 amide bonds. The molecule has 0 radical (unpaired) electrons. The average molecular weight is 391 g/mol. The highest BCUT2D eigenvalue weighted by molar-refractivity contribution is 8.15. The number of benzene rings is 1. The second-order valence-electron chi connectivity index (χ2n) is 6.59. The van der Waals surface area contributed by atoms with Crippen molar-refractivity contribution in [2.45, 2.75) is 29.7 Å². The van der Waals surface area contributed by atoms with Crippen LogP contribution in [0.3, 0.4) is 0 Å². The number of nitrogens with one attached hydrogen (secondary N) is 2. The third-order valence-electron chi connectivity index (χ3n) is 4.85. The van der Waals surface area contributed by atoms with Crippen molar-refractivity contribution in [1.29, 1.82) is 0 Å². The fourth-order valence-corrected chi connectivity index (χ4v) is 5.71. The van der Waals surface area contributed by atoms with Crippen LogP contribution >= 0.6 is 10.5 Å². The van der Waals surface area contributed by atoms with E-state index in [1.54, 1.807) is 12.4 Å². The van der Waals surface area contributed by atoms with E-state index in [-0.39, 0.29) is 33.6 Å². The normalized spacial score (nSPS) is 23.1. The molecule has 2 heterocycles. The Labute approximate surface area is 166 Å². The van der Waals surface area contributed by atoms with E-state index in [4.69, 9.17) is 0 Å². The van der Waals surface area contributed by atoms with Crippen molar-refractivity contribution in [3.05, 3.63) is 83.7 Å². The zero-order valence-corrected chi connectivity index (χ0v) is 16.3. The van der Waals surface area contributed by atoms with Crippen molar-refractivity contribution in [2.75, 3.05) is 0 Å². The number of aromatic nitrogens is 1. The summed E-state index contributed by atoms with van der Waals surface area (Å²) in [5.74, 6) is -0.251. The molecular weight excluding hydrogens is 370 g/mol. The number of carbonyl (C=O) groups excluding carboxylic acids is 2. The monoisotopic (exact) mass is 391 g/mol. The lowest BCUT2D eigenvalue weighted by atomic mass is 10.0. The molecule has 5 nitrogen and oxygen atoms in total. The highest BCUT2D eigenvalue weighted by Gasteiger charge is 2.32. The highest BCUT2D eigenvalue weighted by atomic mass is 32.2. The van der Waals surface area contributed by atoms with Gasteiger partial charge in [-0.25, -0.2) is 0 Å². The van der Waals surface area contributed by atoms with Crippen molar-refractivity contribution in [3.8, 4) is 0 Å². The molecule has 1 aliphatic carbocycles. The van der Waals surface area contributed by atoms with Crippen molar-refractivity contribution >= 4 is 27.7 Å². The van der Waals surface area contributed by atoms with Gasteiger partial charge < -0.3 is 10.6 Å². The summed E-state index contributed by atoms with van der Waals surface area (Å²) < 4.78 is 0. The number of fused-ring (bicyclic) bond motifs is 2. The van der Waals surface area contributed by atoms with Crippen LogP contribution in [-0.4, -0.2) is 33.5 Å². The summed E-state index contributed by atoms with van der Waals surface area (Å²) in [5, 5.41) is 8.27. The molecule has 142 valence electrons. The maximum Gasteiger partial charge on any atom is 0.252 e. The van der Waals surface area contributed by atoms with Gasteiger partial charge in [-0.2, -0.15) is 0 Å². The smallest absolute Gasteiger partial charge is 0.252 e. The molecule has 0 spiro atoms. The molecule has 2 aromatic rings. The van der Waals surface area contributed by atoms with Crippen LogP contribution < -0.4 is 10.6 Å². The predicted molar refractivity (Wildman–Crippen MR) is 112 cm³/mol. The number of hydrogen-bond acceptors (Lipinski definition) is 3. The van der Waals surface area contributed by atoms with Crippen LogP contribution in [0.15, 0.2) is 77.5 Å². The summed E-state index contributed by atoms with van der Waals surface area (Å²) in [7, 11) is -0.222. The number of pyridine rings is 1. The molecule has 3 unspecified atom stereocenters. The maximum atomic E-state index is 12.7. The van der Waals surface area contributed by atoms with Gasteiger partial charge in [0.2, 0.25) is 0 Å². The van der Waals surface area contributed by atoms with E-state index in [0.29, 0.717) is 17.7 Å². The van der Waals surface area contributed by atoms with Crippen LogP contribution in [0.5, 0.6) is 0 Å². The zero-order chi connectivity index (χ0) is 19.5. The van der Waals surface area contributed by atoms with Crippen molar-refractivity contribution < 1.29 is 9.59 Å². The summed E-state index contributed by atoms with van der Waals surface area (Å²) in [5.41, 5.74) is 2.22. The van der Waals surface area contributed by atoms with Gasteiger partial charge in [-0.1, -0.05) is 35.7 Å². The molecule has 0 saturated carbocycles. The fourth-order valence-electron chi connectivity index (χ4n) is 3.49. The number of amides is 2. The molecule has 0 bridgehead atoms. The standard InChI is InChI=1S/C22H21N3O2S/c1-2-28-19-8-4-3-7-17(19)22(27)25-18-12-16(9-10-20(18)28)21(26)24-14-15-6-5-11-23-13-15/h2-13,18,20H,14H2,1H3,(H,24,26)(H,25,27). The van der Waals surface area contributed by atoms with Gasteiger partial charge in [0, 0.05) is 34.7 Å². The molecule has 4 rings (SSSR count). The molecule has 6 heteroatoms. The summed E-state index contributed by atoms with van der Waals surface area (Å²) in [6.45, 7) is 2.44. The number of hydrogen-bond donors (Lipinski definition) is 2. The SMILES string of the molecule is C/C=S1/c2ccccc2C(=O)NC2C=C(C(=O)NCc3cccnc3)C=CC21. The van der Waals surface area contributed by atoms with Gasteiger partial charge in [0.05, 0.1) is 11.6 Å². The number of rotatable bonds is 3. The third kappa shape index (κ3) is 3.55. The molecule has 1 aliphatic heterocycles. The van der Waals surface area contributed by atoms with Crippen LogP contribution in [0, 0.1) is 0 Å². The van der Waals surface area contributed by atoms with E-state index in [1.165, 1.54) is 0 Å². The quantitative estimate of drug-likeness (QED) is 0.791. The fraction of sp³-hybridized carbons (Fsp3) is 0.182. The van der Waals surface area contributed by atoms with Gasteiger partial charge in [0.25, 0.3) is 11.8 Å². The van der Waals surface area contributed by atoms with Gasteiger partial charge >= 0.3 is 0 Å². The topological polar surface area (TPSA) is 71.1 Å². The molecule has 3 atom stereocenters. The molecule has 0 fully saturated rings. The van der Waals surface area contributed by atoms with Crippen LogP contribution in [0.25, 0.3) is 0 Å². The van der Waals surface area contributed by atoms with Gasteiger partial charge in [0.1, 0.15) is 0 Å². The molecule has 0 saturated heterocycles. The van der Waals surface area contributed by atoms with Crippen LogP contribution in [0.4, 0.5) is 0 Å². The van der Waals surface area contributed by atoms with Crippen LogP contribution in [0.1, 0.15) is 22.8 Å². The van der Waals surface area contributed by atoms with Gasteiger partial charge in [-0.15, -0.1) is 10.5 Å². The van der Waals surface area contributed by atoms with Crippen LogP contribution in [-0.2, 0) is 11.3 Å². The minimum atomic E-state index is -0.222. The highest BCUT2D eigenvalue weighted by Crippen LogP contribution is 2.40. The first-order valence-corrected chi connectivity index (χ1v) is 10.5. The Morgan fingerprint density at radius 2 is 2.14 bits per heavy atom. The summed E-state index contributed by atoms with van der Waals surface area (Å²) in [6.07, 6.45) is 9.22. The Bertz CT molecular complexity index is 1010. The zero-order valence-electron chi connectivity index (χ0n) is 15.5. The second kappa shape index (κ2) is 7.94. The second-order valence-corrected chi connectivity index (χ2v) is 8.79. The Balaban J connectivity index is 1.57. The third-order valence-corrected chi connectivity index (χ3v) is 7.26. The van der Waals surface area contributed by atoms with Crippen LogP contribution in [0.2, 0.25) is 0 Å². The first-order chi connectivity index (χ1) is 13.7. The molecule has 1 aromatic heterocycles. The van der Waals surface area contributed by atoms with Crippen molar-refractivity contribution in [3.63, 3.8) is 0 Å².